The highest BCUT2D eigenvalue weighted by molar-refractivity contribution is 7.98. The number of benzene rings is 2. The van der Waals surface area contributed by atoms with Gasteiger partial charge in [-0.25, -0.2) is 4.39 Å². The summed E-state index contributed by atoms with van der Waals surface area (Å²) in [5.41, 5.74) is 1.72. The highest BCUT2D eigenvalue weighted by Crippen LogP contribution is 2.16. The van der Waals surface area contributed by atoms with Gasteiger partial charge in [0.15, 0.2) is 5.78 Å². The second-order valence-electron chi connectivity index (χ2n) is 4.28. The van der Waals surface area contributed by atoms with Crippen molar-refractivity contribution in [3.05, 3.63) is 65.5 Å². The van der Waals surface area contributed by atoms with E-state index in [1.165, 1.54) is 12.1 Å². The number of hydrogen-bond donors (Lipinski definition) is 0. The number of carbonyl (C=O) groups excluding carboxylic acids is 1. The van der Waals surface area contributed by atoms with Crippen molar-refractivity contribution in [1.82, 2.24) is 0 Å². The maximum Gasteiger partial charge on any atom is 0.163 e. The first kappa shape index (κ1) is 13.8. The molecule has 0 saturated carbocycles. The standard InChI is InChI=1S/C16H15FOS/c1-19-15-9-5-13(6-10-15)16(18)11-4-12-2-7-14(17)8-3-12/h2-3,5-10H,4,11H2,1H3. The van der Waals surface area contributed by atoms with Crippen LogP contribution in [0.25, 0.3) is 0 Å². The summed E-state index contributed by atoms with van der Waals surface area (Å²) in [7, 11) is 0. The fourth-order valence-corrected chi connectivity index (χ4v) is 2.24. The van der Waals surface area contributed by atoms with Crippen LogP contribution < -0.4 is 0 Å². The van der Waals surface area contributed by atoms with Crippen LogP contribution in [0.5, 0.6) is 0 Å². The molecule has 0 unspecified atom stereocenters. The third-order valence-corrected chi connectivity index (χ3v) is 3.71. The van der Waals surface area contributed by atoms with Gasteiger partial charge < -0.3 is 0 Å². The minimum absolute atomic E-state index is 0.122. The molecule has 0 aliphatic rings. The number of thioether (sulfide) groups is 1. The van der Waals surface area contributed by atoms with Crippen molar-refractivity contribution in [2.45, 2.75) is 17.7 Å². The first-order valence-corrected chi connectivity index (χ1v) is 7.33. The smallest absolute Gasteiger partial charge is 0.163 e. The van der Waals surface area contributed by atoms with Crippen LogP contribution in [0.4, 0.5) is 4.39 Å². The van der Waals surface area contributed by atoms with Crippen LogP contribution in [0.1, 0.15) is 22.3 Å². The molecule has 0 fully saturated rings. The summed E-state index contributed by atoms with van der Waals surface area (Å²) >= 11 is 1.65. The average molecular weight is 274 g/mol. The molecule has 0 saturated heterocycles. The van der Waals surface area contributed by atoms with Crippen molar-refractivity contribution in [2.24, 2.45) is 0 Å². The van der Waals surface area contributed by atoms with Gasteiger partial charge in [0, 0.05) is 16.9 Å². The molecular formula is C16H15FOS. The molecule has 98 valence electrons. The van der Waals surface area contributed by atoms with Crippen LogP contribution in [0, 0.1) is 5.82 Å². The lowest BCUT2D eigenvalue weighted by Gasteiger charge is -2.03. The predicted octanol–water partition coefficient (Wildman–Crippen LogP) is 4.36. The summed E-state index contributed by atoms with van der Waals surface area (Å²) < 4.78 is 12.8. The molecule has 0 spiro atoms. The van der Waals surface area contributed by atoms with Gasteiger partial charge in [-0.05, 0) is 42.5 Å². The number of hydrogen-bond acceptors (Lipinski definition) is 2. The number of ketones is 1. The highest BCUT2D eigenvalue weighted by Gasteiger charge is 2.06. The Morgan fingerprint density at radius 3 is 2.26 bits per heavy atom. The molecule has 0 radical (unpaired) electrons. The van der Waals surface area contributed by atoms with Crippen LogP contribution in [-0.4, -0.2) is 12.0 Å². The van der Waals surface area contributed by atoms with Crippen molar-refractivity contribution in [2.75, 3.05) is 6.26 Å². The Hall–Kier alpha value is -1.61. The monoisotopic (exact) mass is 274 g/mol. The van der Waals surface area contributed by atoms with Gasteiger partial charge >= 0.3 is 0 Å². The van der Waals surface area contributed by atoms with E-state index < -0.39 is 0 Å². The molecule has 0 N–H and O–H groups in total. The van der Waals surface area contributed by atoms with Crippen LogP contribution in [0.15, 0.2) is 53.4 Å². The van der Waals surface area contributed by atoms with Gasteiger partial charge in [0.2, 0.25) is 0 Å². The molecule has 0 atom stereocenters. The minimum Gasteiger partial charge on any atom is -0.294 e. The molecule has 0 aromatic heterocycles. The number of Topliss-reactive ketones (excluding diaryl/α,β-unsaturated/α-hetero) is 1. The van der Waals surface area contributed by atoms with E-state index in [1.54, 1.807) is 23.9 Å². The first-order chi connectivity index (χ1) is 9.19. The number of rotatable bonds is 5. The van der Waals surface area contributed by atoms with Crippen molar-refractivity contribution < 1.29 is 9.18 Å². The number of halogens is 1. The van der Waals surface area contributed by atoms with E-state index in [0.717, 1.165) is 16.0 Å². The molecule has 1 nitrogen and oxygen atoms in total. The second kappa shape index (κ2) is 6.53. The lowest BCUT2D eigenvalue weighted by molar-refractivity contribution is 0.0983. The first-order valence-electron chi connectivity index (χ1n) is 6.11. The van der Waals surface area contributed by atoms with Crippen molar-refractivity contribution in [3.8, 4) is 0 Å². The zero-order chi connectivity index (χ0) is 13.7. The predicted molar refractivity (Wildman–Crippen MR) is 77.3 cm³/mol. The van der Waals surface area contributed by atoms with E-state index in [2.05, 4.69) is 0 Å². The van der Waals surface area contributed by atoms with E-state index >= 15 is 0 Å². The van der Waals surface area contributed by atoms with Crippen molar-refractivity contribution in [1.29, 1.82) is 0 Å². The summed E-state index contributed by atoms with van der Waals surface area (Å²) in [4.78, 5) is 13.2. The van der Waals surface area contributed by atoms with Gasteiger partial charge in [-0.1, -0.05) is 24.3 Å². The van der Waals surface area contributed by atoms with Gasteiger partial charge in [0.25, 0.3) is 0 Å². The fraction of sp³-hybridized carbons (Fsp3) is 0.188. The van der Waals surface area contributed by atoms with Gasteiger partial charge in [-0.3, -0.25) is 4.79 Å². The summed E-state index contributed by atoms with van der Waals surface area (Å²) in [5, 5.41) is 0. The van der Waals surface area contributed by atoms with E-state index in [-0.39, 0.29) is 11.6 Å². The molecule has 0 aliphatic carbocycles. The Bertz CT molecular complexity index is 546. The van der Waals surface area contributed by atoms with Gasteiger partial charge in [0.1, 0.15) is 5.82 Å². The zero-order valence-corrected chi connectivity index (χ0v) is 11.5. The largest absolute Gasteiger partial charge is 0.294 e. The molecule has 2 aromatic rings. The van der Waals surface area contributed by atoms with E-state index in [9.17, 15) is 9.18 Å². The highest BCUT2D eigenvalue weighted by atomic mass is 32.2. The summed E-state index contributed by atoms with van der Waals surface area (Å²) in [5.74, 6) is -0.125. The lowest BCUT2D eigenvalue weighted by atomic mass is 10.0. The van der Waals surface area contributed by atoms with Gasteiger partial charge in [-0.2, -0.15) is 0 Å². The third-order valence-electron chi connectivity index (χ3n) is 2.97. The molecule has 2 rings (SSSR count). The maximum atomic E-state index is 12.8. The summed E-state index contributed by atoms with van der Waals surface area (Å²) in [6.45, 7) is 0. The Kier molecular flexibility index (Phi) is 4.74. The van der Waals surface area contributed by atoms with Crippen LogP contribution in [-0.2, 0) is 6.42 Å². The Labute approximate surface area is 116 Å². The molecular weight excluding hydrogens is 259 g/mol. The van der Waals surface area contributed by atoms with Crippen molar-refractivity contribution in [3.63, 3.8) is 0 Å². The van der Waals surface area contributed by atoms with Gasteiger partial charge in [0.05, 0.1) is 0 Å². The Morgan fingerprint density at radius 1 is 1.05 bits per heavy atom. The molecule has 19 heavy (non-hydrogen) atoms. The topological polar surface area (TPSA) is 17.1 Å². The van der Waals surface area contributed by atoms with Gasteiger partial charge in [-0.15, -0.1) is 11.8 Å². The lowest BCUT2D eigenvalue weighted by Crippen LogP contribution is -2.01. The molecule has 0 aliphatic heterocycles. The van der Waals surface area contributed by atoms with Crippen LogP contribution in [0.3, 0.4) is 0 Å². The maximum absolute atomic E-state index is 12.8. The molecule has 0 heterocycles. The average Bonchev–Trinajstić information content (AvgIpc) is 2.46. The quantitative estimate of drug-likeness (QED) is 0.595. The fourth-order valence-electron chi connectivity index (χ4n) is 1.83. The molecule has 3 heteroatoms. The SMILES string of the molecule is CSc1ccc(C(=O)CCc2ccc(F)cc2)cc1. The number of aryl methyl sites for hydroxylation is 1. The summed E-state index contributed by atoms with van der Waals surface area (Å²) in [6, 6.07) is 13.9. The second-order valence-corrected chi connectivity index (χ2v) is 5.16. The van der Waals surface area contributed by atoms with Crippen LogP contribution in [0.2, 0.25) is 0 Å². The van der Waals surface area contributed by atoms with Crippen LogP contribution >= 0.6 is 11.8 Å². The van der Waals surface area contributed by atoms with Crippen molar-refractivity contribution >= 4 is 17.5 Å². The van der Waals surface area contributed by atoms with E-state index in [4.69, 9.17) is 0 Å². The minimum atomic E-state index is -0.247. The molecule has 2 aromatic carbocycles. The Balaban J connectivity index is 1.95. The third kappa shape index (κ3) is 3.93. The van der Waals surface area contributed by atoms with E-state index in [0.29, 0.717) is 12.8 Å². The summed E-state index contributed by atoms with van der Waals surface area (Å²) in [6.07, 6.45) is 3.10. The zero-order valence-electron chi connectivity index (χ0n) is 10.7. The molecule has 0 amide bonds. The van der Waals surface area contributed by atoms with E-state index in [1.807, 2.05) is 30.5 Å². The normalized spacial score (nSPS) is 10.4. The molecule has 0 bridgehead atoms. The number of carbonyl (C=O) groups is 1. The Morgan fingerprint density at radius 2 is 1.68 bits per heavy atom.